The van der Waals surface area contributed by atoms with E-state index < -0.39 is 0 Å². The molecule has 3 amide bonds. The zero-order valence-electron chi connectivity index (χ0n) is 10.7. The van der Waals surface area contributed by atoms with Crippen LogP contribution in [0.2, 0.25) is 0 Å². The number of imide groups is 1. The molecule has 1 aromatic rings. The number of amides is 3. The van der Waals surface area contributed by atoms with Gasteiger partial charge in [-0.25, -0.2) is 4.79 Å². The van der Waals surface area contributed by atoms with E-state index in [1.807, 2.05) is 30.3 Å². The fraction of sp³-hybridized carbons (Fsp3) is 0.200. The van der Waals surface area contributed by atoms with Crippen LogP contribution in [0.15, 0.2) is 55.1 Å². The van der Waals surface area contributed by atoms with Crippen molar-refractivity contribution < 1.29 is 9.59 Å². The lowest BCUT2D eigenvalue weighted by atomic mass is 10.1. The Morgan fingerprint density at radius 1 is 1.21 bits per heavy atom. The molecule has 0 radical (unpaired) electrons. The van der Waals surface area contributed by atoms with Gasteiger partial charge in [0.25, 0.3) is 5.91 Å². The van der Waals surface area contributed by atoms with Crippen LogP contribution >= 0.6 is 0 Å². The van der Waals surface area contributed by atoms with Gasteiger partial charge in [-0.3, -0.25) is 9.69 Å². The largest absolute Gasteiger partial charge is 0.327 e. The van der Waals surface area contributed by atoms with Crippen molar-refractivity contribution in [3.8, 4) is 0 Å². The molecule has 4 heteroatoms. The smallest absolute Gasteiger partial charge is 0.315 e. The maximum Gasteiger partial charge on any atom is 0.327 e. The van der Waals surface area contributed by atoms with Gasteiger partial charge in [0.05, 0.1) is 6.54 Å². The lowest BCUT2D eigenvalue weighted by Crippen LogP contribution is -2.52. The van der Waals surface area contributed by atoms with E-state index in [1.54, 1.807) is 4.90 Å². The molecule has 0 N–H and O–H groups in total. The maximum atomic E-state index is 12.2. The Morgan fingerprint density at radius 2 is 1.89 bits per heavy atom. The fourth-order valence-corrected chi connectivity index (χ4v) is 2.03. The fourth-order valence-electron chi connectivity index (χ4n) is 2.03. The molecule has 1 fully saturated rings. The minimum atomic E-state index is -0.311. The normalized spacial score (nSPS) is 15.9. The van der Waals surface area contributed by atoms with Crippen molar-refractivity contribution in [3.63, 3.8) is 0 Å². The molecule has 0 unspecified atom stereocenters. The van der Waals surface area contributed by atoms with Crippen molar-refractivity contribution >= 4 is 11.9 Å². The number of urea groups is 1. The summed E-state index contributed by atoms with van der Waals surface area (Å²) in [6, 6.07) is 9.38. The summed E-state index contributed by atoms with van der Waals surface area (Å²) >= 11 is 0. The van der Waals surface area contributed by atoms with Gasteiger partial charge in [-0.1, -0.05) is 43.0 Å². The van der Waals surface area contributed by atoms with Gasteiger partial charge in [0, 0.05) is 18.7 Å². The van der Waals surface area contributed by atoms with Crippen LogP contribution in [0.1, 0.15) is 5.56 Å². The van der Waals surface area contributed by atoms with E-state index in [0.29, 0.717) is 12.1 Å². The van der Waals surface area contributed by atoms with E-state index >= 15 is 0 Å². The second-order valence-electron chi connectivity index (χ2n) is 4.43. The summed E-state index contributed by atoms with van der Waals surface area (Å²) in [6.07, 6.45) is 1.54. The average Bonchev–Trinajstić information content (AvgIpc) is 2.42. The highest BCUT2D eigenvalue weighted by atomic mass is 16.2. The van der Waals surface area contributed by atoms with Gasteiger partial charge in [0.1, 0.15) is 0 Å². The molecule has 0 bridgehead atoms. The van der Waals surface area contributed by atoms with Crippen LogP contribution in [-0.2, 0) is 11.3 Å². The molecule has 19 heavy (non-hydrogen) atoms. The average molecular weight is 256 g/mol. The molecular formula is C15H16N2O2. The van der Waals surface area contributed by atoms with Crippen molar-refractivity contribution in [2.75, 3.05) is 13.1 Å². The first-order valence-corrected chi connectivity index (χ1v) is 6.07. The van der Waals surface area contributed by atoms with Crippen molar-refractivity contribution in [2.45, 2.75) is 6.54 Å². The predicted molar refractivity (Wildman–Crippen MR) is 73.3 cm³/mol. The summed E-state index contributed by atoms with van der Waals surface area (Å²) in [4.78, 5) is 26.9. The molecule has 1 aliphatic rings. The Kier molecular flexibility index (Phi) is 3.80. The number of carbonyl (C=O) groups excluding carboxylic acids is 2. The molecule has 0 saturated carbocycles. The van der Waals surface area contributed by atoms with Gasteiger partial charge in [0.2, 0.25) is 0 Å². The zero-order chi connectivity index (χ0) is 13.8. The van der Waals surface area contributed by atoms with Gasteiger partial charge in [-0.15, -0.1) is 6.58 Å². The molecule has 2 rings (SSSR count). The third-order valence-electron chi connectivity index (χ3n) is 2.96. The number of rotatable bonds is 4. The van der Waals surface area contributed by atoms with Gasteiger partial charge in [0.15, 0.2) is 0 Å². The van der Waals surface area contributed by atoms with Gasteiger partial charge in [-0.2, -0.15) is 0 Å². The second kappa shape index (κ2) is 5.52. The van der Waals surface area contributed by atoms with Gasteiger partial charge >= 0.3 is 6.03 Å². The van der Waals surface area contributed by atoms with Crippen LogP contribution < -0.4 is 0 Å². The third-order valence-corrected chi connectivity index (χ3v) is 2.96. The maximum absolute atomic E-state index is 12.2. The van der Waals surface area contributed by atoms with Crippen LogP contribution in [0, 0.1) is 0 Å². The number of nitrogens with zero attached hydrogens (tertiary/aromatic N) is 2. The molecule has 0 aliphatic carbocycles. The van der Waals surface area contributed by atoms with E-state index in [1.165, 1.54) is 11.0 Å². The highest BCUT2D eigenvalue weighted by molar-refractivity contribution is 6.06. The summed E-state index contributed by atoms with van der Waals surface area (Å²) in [6.45, 7) is 8.26. The third kappa shape index (κ3) is 2.73. The van der Waals surface area contributed by atoms with E-state index in [9.17, 15) is 9.59 Å². The number of hydrogen-bond donors (Lipinski definition) is 0. The minimum absolute atomic E-state index is 0.210. The molecule has 0 spiro atoms. The SMILES string of the molecule is C=CCN1C(=O)C(=C)CN(Cc2ccccc2)C1=O. The molecule has 98 valence electrons. The van der Waals surface area contributed by atoms with E-state index in [4.69, 9.17) is 0 Å². The molecule has 1 aliphatic heterocycles. The number of carbonyl (C=O) groups is 2. The number of hydrogen-bond acceptors (Lipinski definition) is 2. The zero-order valence-corrected chi connectivity index (χ0v) is 10.7. The van der Waals surface area contributed by atoms with Crippen LogP contribution in [0.25, 0.3) is 0 Å². The van der Waals surface area contributed by atoms with E-state index in [-0.39, 0.29) is 25.0 Å². The highest BCUT2D eigenvalue weighted by Crippen LogP contribution is 2.17. The number of benzene rings is 1. The topological polar surface area (TPSA) is 40.6 Å². The van der Waals surface area contributed by atoms with Crippen LogP contribution in [0.4, 0.5) is 4.79 Å². The quantitative estimate of drug-likeness (QED) is 0.612. The van der Waals surface area contributed by atoms with Crippen molar-refractivity contribution in [1.82, 2.24) is 9.80 Å². The van der Waals surface area contributed by atoms with Crippen molar-refractivity contribution in [3.05, 3.63) is 60.7 Å². The summed E-state index contributed by atoms with van der Waals surface area (Å²) in [5, 5.41) is 0. The Morgan fingerprint density at radius 3 is 2.53 bits per heavy atom. The highest BCUT2D eigenvalue weighted by Gasteiger charge is 2.33. The molecular weight excluding hydrogens is 240 g/mol. The van der Waals surface area contributed by atoms with E-state index in [0.717, 1.165) is 5.56 Å². The lowest BCUT2D eigenvalue weighted by molar-refractivity contribution is -0.126. The standard InChI is InChI=1S/C15H16N2O2/c1-3-9-17-14(18)12(2)10-16(15(17)19)11-13-7-5-4-6-8-13/h3-8H,1-2,9-11H2. The first-order chi connectivity index (χ1) is 9.13. The molecule has 4 nitrogen and oxygen atoms in total. The summed E-state index contributed by atoms with van der Waals surface area (Å²) in [5.41, 5.74) is 1.45. The molecule has 0 aromatic heterocycles. The Labute approximate surface area is 112 Å². The Balaban J connectivity index is 2.17. The van der Waals surface area contributed by atoms with Gasteiger partial charge in [-0.05, 0) is 5.56 Å². The van der Waals surface area contributed by atoms with Crippen LogP contribution in [-0.4, -0.2) is 34.8 Å². The Bertz CT molecular complexity index is 522. The van der Waals surface area contributed by atoms with Gasteiger partial charge < -0.3 is 4.90 Å². The van der Waals surface area contributed by atoms with Crippen molar-refractivity contribution in [1.29, 1.82) is 0 Å². The Hall–Kier alpha value is -2.36. The van der Waals surface area contributed by atoms with Crippen LogP contribution in [0.5, 0.6) is 0 Å². The summed E-state index contributed by atoms with van der Waals surface area (Å²) in [5.74, 6) is -0.311. The minimum Gasteiger partial charge on any atom is -0.315 e. The molecule has 1 aromatic carbocycles. The summed E-state index contributed by atoms with van der Waals surface area (Å²) < 4.78 is 0. The van der Waals surface area contributed by atoms with E-state index in [2.05, 4.69) is 13.2 Å². The van der Waals surface area contributed by atoms with Crippen molar-refractivity contribution in [2.24, 2.45) is 0 Å². The lowest BCUT2D eigenvalue weighted by Gasteiger charge is -2.34. The predicted octanol–water partition coefficient (Wildman–Crippen LogP) is 2.19. The molecule has 1 saturated heterocycles. The first kappa shape index (κ1) is 13.1. The second-order valence-corrected chi connectivity index (χ2v) is 4.43. The first-order valence-electron chi connectivity index (χ1n) is 6.07. The monoisotopic (exact) mass is 256 g/mol. The molecule has 1 heterocycles. The molecule has 0 atom stereocenters. The summed E-state index contributed by atoms with van der Waals surface area (Å²) in [7, 11) is 0. The van der Waals surface area contributed by atoms with Crippen LogP contribution in [0.3, 0.4) is 0 Å².